The van der Waals surface area contributed by atoms with Crippen molar-refractivity contribution >= 4 is 5.91 Å². The lowest BCUT2D eigenvalue weighted by Crippen LogP contribution is -2.38. The topological polar surface area (TPSA) is 41.4 Å². The van der Waals surface area contributed by atoms with Gasteiger partial charge in [0.15, 0.2) is 0 Å². The molecule has 1 aromatic carbocycles. The Hall–Kier alpha value is -2.14. The van der Waals surface area contributed by atoms with Gasteiger partial charge in [-0.3, -0.25) is 14.4 Å². The molecule has 0 bridgehead atoms. The van der Waals surface area contributed by atoms with Gasteiger partial charge in [-0.15, -0.1) is 0 Å². The first-order valence-electron chi connectivity index (χ1n) is 7.56. The van der Waals surface area contributed by atoms with Gasteiger partial charge in [-0.05, 0) is 19.5 Å². The highest BCUT2D eigenvalue weighted by Crippen LogP contribution is 2.06. The Morgan fingerprint density at radius 2 is 1.91 bits per heavy atom. The molecule has 118 valence electrons. The normalized spacial score (nSPS) is 10.9. The van der Waals surface area contributed by atoms with Crippen LogP contribution in [0.2, 0.25) is 0 Å². The van der Waals surface area contributed by atoms with E-state index in [4.69, 9.17) is 0 Å². The lowest BCUT2D eigenvalue weighted by molar-refractivity contribution is -0.132. The minimum Gasteiger partial charge on any atom is -0.338 e. The van der Waals surface area contributed by atoms with Crippen LogP contribution in [0.1, 0.15) is 18.1 Å². The number of likely N-dealkylation sites (N-methyl/N-ethyl adjacent to an activating group) is 2. The van der Waals surface area contributed by atoms with Crippen LogP contribution >= 0.6 is 0 Å². The molecule has 2 rings (SSSR count). The maximum Gasteiger partial charge on any atom is 0.237 e. The van der Waals surface area contributed by atoms with Gasteiger partial charge >= 0.3 is 0 Å². The fourth-order valence-electron chi connectivity index (χ4n) is 2.43. The van der Waals surface area contributed by atoms with Gasteiger partial charge in [-0.2, -0.15) is 5.10 Å². The standard InChI is InChI=1S/C17H24N4O/c1-4-21(13-15-8-6-5-7-9-15)17(22)14-19(2)11-16-10-18-20(3)12-16/h5-10,12H,4,11,13-14H2,1-3H3. The Labute approximate surface area is 132 Å². The smallest absolute Gasteiger partial charge is 0.237 e. The number of benzene rings is 1. The minimum atomic E-state index is 0.151. The van der Waals surface area contributed by atoms with E-state index < -0.39 is 0 Å². The molecule has 0 spiro atoms. The van der Waals surface area contributed by atoms with Crippen molar-refractivity contribution < 1.29 is 4.79 Å². The molecule has 0 fully saturated rings. The van der Waals surface area contributed by atoms with E-state index in [-0.39, 0.29) is 5.91 Å². The Bertz CT molecular complexity index is 594. The molecule has 1 aromatic heterocycles. The molecule has 0 atom stereocenters. The fourth-order valence-corrected chi connectivity index (χ4v) is 2.43. The monoisotopic (exact) mass is 300 g/mol. The van der Waals surface area contributed by atoms with Crippen LogP contribution in [0, 0.1) is 0 Å². The first-order valence-corrected chi connectivity index (χ1v) is 7.56. The van der Waals surface area contributed by atoms with Crippen LogP contribution < -0.4 is 0 Å². The molecule has 0 aliphatic rings. The first kappa shape index (κ1) is 16.2. The van der Waals surface area contributed by atoms with Crippen molar-refractivity contribution in [3.05, 3.63) is 53.9 Å². The van der Waals surface area contributed by atoms with Crippen molar-refractivity contribution in [3.8, 4) is 0 Å². The first-order chi connectivity index (χ1) is 10.6. The summed E-state index contributed by atoms with van der Waals surface area (Å²) < 4.78 is 1.78. The fraction of sp³-hybridized carbons (Fsp3) is 0.412. The van der Waals surface area contributed by atoms with Gasteiger partial charge < -0.3 is 4.90 Å². The lowest BCUT2D eigenvalue weighted by atomic mass is 10.2. The molecule has 22 heavy (non-hydrogen) atoms. The predicted molar refractivity (Wildman–Crippen MR) is 87.1 cm³/mol. The zero-order chi connectivity index (χ0) is 15.9. The molecule has 0 N–H and O–H groups in total. The number of aromatic nitrogens is 2. The van der Waals surface area contributed by atoms with Crippen molar-refractivity contribution in [2.45, 2.75) is 20.0 Å². The van der Waals surface area contributed by atoms with Crippen molar-refractivity contribution in [3.63, 3.8) is 0 Å². The highest BCUT2D eigenvalue weighted by atomic mass is 16.2. The lowest BCUT2D eigenvalue weighted by Gasteiger charge is -2.24. The largest absolute Gasteiger partial charge is 0.338 e. The number of hydrogen-bond donors (Lipinski definition) is 0. The van der Waals surface area contributed by atoms with E-state index in [1.165, 1.54) is 0 Å². The number of hydrogen-bond acceptors (Lipinski definition) is 3. The third-order valence-corrected chi connectivity index (χ3v) is 3.57. The van der Waals surface area contributed by atoms with E-state index in [1.54, 1.807) is 4.68 Å². The quantitative estimate of drug-likeness (QED) is 0.784. The summed E-state index contributed by atoms with van der Waals surface area (Å²) >= 11 is 0. The number of nitrogens with zero attached hydrogens (tertiary/aromatic N) is 4. The second kappa shape index (κ2) is 7.75. The van der Waals surface area contributed by atoms with E-state index in [2.05, 4.69) is 17.2 Å². The molecular formula is C17H24N4O. The Morgan fingerprint density at radius 1 is 1.18 bits per heavy atom. The van der Waals surface area contributed by atoms with Crippen LogP contribution in [0.3, 0.4) is 0 Å². The number of amides is 1. The summed E-state index contributed by atoms with van der Waals surface area (Å²) in [6.45, 7) is 4.53. The van der Waals surface area contributed by atoms with Gasteiger partial charge in [0, 0.05) is 38.4 Å². The maximum absolute atomic E-state index is 12.4. The molecule has 2 aromatic rings. The molecular weight excluding hydrogens is 276 g/mol. The molecule has 5 nitrogen and oxygen atoms in total. The van der Waals surface area contributed by atoms with Gasteiger partial charge in [-0.1, -0.05) is 30.3 Å². The van der Waals surface area contributed by atoms with Crippen molar-refractivity contribution in [2.75, 3.05) is 20.1 Å². The summed E-state index contributed by atoms with van der Waals surface area (Å²) in [6, 6.07) is 10.1. The SMILES string of the molecule is CCN(Cc1ccccc1)C(=O)CN(C)Cc1cnn(C)c1. The zero-order valence-electron chi connectivity index (χ0n) is 13.6. The van der Waals surface area contributed by atoms with Crippen LogP contribution in [0.15, 0.2) is 42.7 Å². The Morgan fingerprint density at radius 3 is 2.50 bits per heavy atom. The average molecular weight is 300 g/mol. The van der Waals surface area contributed by atoms with Gasteiger partial charge in [0.25, 0.3) is 0 Å². The zero-order valence-corrected chi connectivity index (χ0v) is 13.6. The predicted octanol–water partition coefficient (Wildman–Crippen LogP) is 1.90. The van der Waals surface area contributed by atoms with Crippen molar-refractivity contribution in [2.24, 2.45) is 7.05 Å². The number of aryl methyl sites for hydroxylation is 1. The molecule has 0 unspecified atom stereocenters. The van der Waals surface area contributed by atoms with Crippen LogP contribution in [-0.4, -0.2) is 45.6 Å². The summed E-state index contributed by atoms with van der Waals surface area (Å²) in [6.07, 6.45) is 3.81. The maximum atomic E-state index is 12.4. The summed E-state index contributed by atoms with van der Waals surface area (Å²) in [4.78, 5) is 16.4. The van der Waals surface area contributed by atoms with E-state index in [9.17, 15) is 4.79 Å². The van der Waals surface area contributed by atoms with E-state index >= 15 is 0 Å². The number of carbonyl (C=O) groups is 1. The third-order valence-electron chi connectivity index (χ3n) is 3.57. The molecule has 0 saturated heterocycles. The van der Waals surface area contributed by atoms with Crippen molar-refractivity contribution in [1.82, 2.24) is 19.6 Å². The van der Waals surface area contributed by atoms with Crippen molar-refractivity contribution in [1.29, 1.82) is 0 Å². The van der Waals surface area contributed by atoms with Gasteiger partial charge in [0.05, 0.1) is 12.7 Å². The molecule has 5 heteroatoms. The van der Waals surface area contributed by atoms with Gasteiger partial charge in [-0.25, -0.2) is 0 Å². The third kappa shape index (κ3) is 4.70. The van der Waals surface area contributed by atoms with Crippen LogP contribution in [0.4, 0.5) is 0 Å². The summed E-state index contributed by atoms with van der Waals surface area (Å²) in [5.74, 6) is 0.151. The van der Waals surface area contributed by atoms with E-state index in [1.807, 2.05) is 61.4 Å². The van der Waals surface area contributed by atoms with Gasteiger partial charge in [0.2, 0.25) is 5.91 Å². The summed E-state index contributed by atoms with van der Waals surface area (Å²) in [7, 11) is 3.86. The van der Waals surface area contributed by atoms with E-state index in [0.717, 1.165) is 17.7 Å². The second-order valence-corrected chi connectivity index (χ2v) is 5.59. The summed E-state index contributed by atoms with van der Waals surface area (Å²) in [5, 5.41) is 4.15. The second-order valence-electron chi connectivity index (χ2n) is 5.59. The van der Waals surface area contributed by atoms with Crippen LogP contribution in [-0.2, 0) is 24.9 Å². The highest BCUT2D eigenvalue weighted by Gasteiger charge is 2.15. The Balaban J connectivity index is 1.88. The Kier molecular flexibility index (Phi) is 5.72. The molecule has 0 radical (unpaired) electrons. The number of rotatable bonds is 7. The average Bonchev–Trinajstić information content (AvgIpc) is 2.90. The van der Waals surface area contributed by atoms with Gasteiger partial charge in [0.1, 0.15) is 0 Å². The molecule has 0 saturated carbocycles. The van der Waals surface area contributed by atoms with Crippen LogP contribution in [0.25, 0.3) is 0 Å². The van der Waals surface area contributed by atoms with E-state index in [0.29, 0.717) is 19.6 Å². The molecule has 0 aliphatic heterocycles. The highest BCUT2D eigenvalue weighted by molar-refractivity contribution is 5.78. The molecule has 0 aliphatic carbocycles. The molecule has 1 heterocycles. The number of carbonyl (C=O) groups excluding carboxylic acids is 1. The molecule has 1 amide bonds. The minimum absolute atomic E-state index is 0.151. The van der Waals surface area contributed by atoms with Crippen LogP contribution in [0.5, 0.6) is 0 Å². The summed E-state index contributed by atoms with van der Waals surface area (Å²) in [5.41, 5.74) is 2.27.